The molecular weight excluding hydrogens is 338 g/mol. The second-order valence-electron chi connectivity index (χ2n) is 4.89. The maximum atomic E-state index is 12.6. The molecule has 0 saturated carbocycles. The summed E-state index contributed by atoms with van der Waals surface area (Å²) in [6, 6.07) is 6.46. The summed E-state index contributed by atoms with van der Waals surface area (Å²) in [7, 11) is 0. The fourth-order valence-electron chi connectivity index (χ4n) is 2.23. The van der Waals surface area contributed by atoms with Gasteiger partial charge in [-0.1, -0.05) is 0 Å². The Balaban J connectivity index is 1.86. The number of nitrogens with zero attached hydrogens (tertiary/aromatic N) is 2. The first kappa shape index (κ1) is 13.8. The lowest BCUT2D eigenvalue weighted by atomic mass is 9.99. The van der Waals surface area contributed by atoms with Gasteiger partial charge in [0.1, 0.15) is 5.76 Å². The molecule has 0 radical (unpaired) electrons. The van der Waals surface area contributed by atoms with Crippen LogP contribution in [0.15, 0.2) is 45.6 Å². The number of aromatic nitrogens is 1. The number of halogens is 1. The van der Waals surface area contributed by atoms with Crippen molar-refractivity contribution < 1.29 is 14.0 Å². The quantitative estimate of drug-likeness (QED) is 0.863. The molecule has 1 fully saturated rings. The van der Waals surface area contributed by atoms with E-state index in [1.165, 1.54) is 6.26 Å². The normalized spacial score (nSPS) is 21.7. The summed E-state index contributed by atoms with van der Waals surface area (Å²) < 4.78 is 6.11. The van der Waals surface area contributed by atoms with Crippen LogP contribution in [-0.4, -0.2) is 21.8 Å². The lowest BCUT2D eigenvalue weighted by Gasteiger charge is -2.18. The molecule has 2 aromatic rings. The van der Waals surface area contributed by atoms with Gasteiger partial charge in [0.2, 0.25) is 0 Å². The van der Waals surface area contributed by atoms with Crippen LogP contribution in [0.4, 0.5) is 4.79 Å². The SMILES string of the molecule is CC1(c2ccco2)NC(=O)N(Cc2ccc(Br)cn2)C1=O. The lowest BCUT2D eigenvalue weighted by molar-refractivity contribution is -0.132. The Kier molecular flexibility index (Phi) is 3.29. The number of amides is 3. The first-order valence-electron chi connectivity index (χ1n) is 6.29. The number of nitrogens with one attached hydrogen (secondary N) is 1. The van der Waals surface area contributed by atoms with Gasteiger partial charge < -0.3 is 9.73 Å². The largest absolute Gasteiger partial charge is 0.466 e. The number of pyridine rings is 1. The van der Waals surface area contributed by atoms with Gasteiger partial charge in [-0.15, -0.1) is 0 Å². The fourth-order valence-corrected chi connectivity index (χ4v) is 2.47. The molecular formula is C14H12BrN3O3. The zero-order chi connectivity index (χ0) is 15.0. The van der Waals surface area contributed by atoms with Crippen molar-refractivity contribution in [2.24, 2.45) is 0 Å². The first-order chi connectivity index (χ1) is 10.0. The number of rotatable bonds is 3. The lowest BCUT2D eigenvalue weighted by Crippen LogP contribution is -2.40. The van der Waals surface area contributed by atoms with Crippen molar-refractivity contribution in [3.8, 4) is 0 Å². The van der Waals surface area contributed by atoms with E-state index in [1.54, 1.807) is 31.3 Å². The van der Waals surface area contributed by atoms with Gasteiger partial charge in [0, 0.05) is 10.7 Å². The molecule has 108 valence electrons. The summed E-state index contributed by atoms with van der Waals surface area (Å²) in [4.78, 5) is 29.9. The molecule has 0 spiro atoms. The van der Waals surface area contributed by atoms with Crippen molar-refractivity contribution in [1.82, 2.24) is 15.2 Å². The molecule has 21 heavy (non-hydrogen) atoms. The van der Waals surface area contributed by atoms with Crippen LogP contribution in [-0.2, 0) is 16.9 Å². The van der Waals surface area contributed by atoms with Gasteiger partial charge in [-0.3, -0.25) is 14.7 Å². The summed E-state index contributed by atoms with van der Waals surface area (Å²) in [5.74, 6) is 0.0549. The molecule has 1 atom stereocenters. The van der Waals surface area contributed by atoms with Crippen LogP contribution >= 0.6 is 15.9 Å². The summed E-state index contributed by atoms with van der Waals surface area (Å²) >= 11 is 3.29. The highest BCUT2D eigenvalue weighted by Crippen LogP contribution is 2.29. The molecule has 1 aliphatic heterocycles. The van der Waals surface area contributed by atoms with Crippen molar-refractivity contribution in [2.45, 2.75) is 19.0 Å². The Labute approximate surface area is 129 Å². The number of hydrogen-bond donors (Lipinski definition) is 1. The Morgan fingerprint density at radius 2 is 2.19 bits per heavy atom. The average Bonchev–Trinajstić information content (AvgIpc) is 3.06. The highest BCUT2D eigenvalue weighted by Gasteiger charge is 2.50. The molecule has 1 aliphatic rings. The molecule has 1 unspecified atom stereocenters. The highest BCUT2D eigenvalue weighted by atomic mass is 79.9. The molecule has 2 aromatic heterocycles. The number of imide groups is 1. The monoisotopic (exact) mass is 349 g/mol. The number of hydrogen-bond acceptors (Lipinski definition) is 4. The summed E-state index contributed by atoms with van der Waals surface area (Å²) in [6.07, 6.45) is 3.10. The van der Waals surface area contributed by atoms with Crippen molar-refractivity contribution in [1.29, 1.82) is 0 Å². The van der Waals surface area contributed by atoms with Crippen LogP contribution in [0, 0.1) is 0 Å². The molecule has 7 heteroatoms. The van der Waals surface area contributed by atoms with Crippen molar-refractivity contribution >= 4 is 27.9 Å². The predicted octanol–water partition coefficient (Wildman–Crippen LogP) is 2.40. The molecule has 1 saturated heterocycles. The second kappa shape index (κ2) is 5.00. The van der Waals surface area contributed by atoms with E-state index in [0.717, 1.165) is 9.37 Å². The van der Waals surface area contributed by atoms with Gasteiger partial charge in [-0.25, -0.2) is 4.79 Å². The molecule has 1 N–H and O–H groups in total. The molecule has 3 amide bonds. The van der Waals surface area contributed by atoms with Crippen LogP contribution in [0.25, 0.3) is 0 Å². The van der Waals surface area contributed by atoms with Gasteiger partial charge in [0.05, 0.1) is 18.5 Å². The zero-order valence-corrected chi connectivity index (χ0v) is 12.8. The maximum absolute atomic E-state index is 12.6. The zero-order valence-electron chi connectivity index (χ0n) is 11.2. The molecule has 0 aromatic carbocycles. The van der Waals surface area contributed by atoms with Crippen LogP contribution in [0.5, 0.6) is 0 Å². The average molecular weight is 350 g/mol. The minimum Gasteiger partial charge on any atom is -0.466 e. The summed E-state index contributed by atoms with van der Waals surface area (Å²) in [5.41, 5.74) is -0.541. The molecule has 3 rings (SSSR count). The predicted molar refractivity (Wildman–Crippen MR) is 77.1 cm³/mol. The smallest absolute Gasteiger partial charge is 0.325 e. The molecule has 0 aliphatic carbocycles. The third kappa shape index (κ3) is 2.33. The minimum absolute atomic E-state index is 0.119. The number of carbonyl (C=O) groups is 2. The topological polar surface area (TPSA) is 75.4 Å². The van der Waals surface area contributed by atoms with E-state index in [1.807, 2.05) is 6.07 Å². The minimum atomic E-state index is -1.17. The van der Waals surface area contributed by atoms with E-state index in [2.05, 4.69) is 26.2 Å². The van der Waals surface area contributed by atoms with Gasteiger partial charge in [0.15, 0.2) is 5.54 Å². The second-order valence-corrected chi connectivity index (χ2v) is 5.81. The number of urea groups is 1. The van der Waals surface area contributed by atoms with Gasteiger partial charge in [0.25, 0.3) is 5.91 Å². The van der Waals surface area contributed by atoms with E-state index >= 15 is 0 Å². The van der Waals surface area contributed by atoms with Crippen molar-refractivity contribution in [3.63, 3.8) is 0 Å². The Hall–Kier alpha value is -2.15. The number of furan rings is 1. The molecule has 0 bridgehead atoms. The Bertz CT molecular complexity index is 684. The molecule has 3 heterocycles. The van der Waals surface area contributed by atoms with E-state index < -0.39 is 11.6 Å². The third-order valence-electron chi connectivity index (χ3n) is 3.40. The van der Waals surface area contributed by atoms with Crippen LogP contribution in [0.2, 0.25) is 0 Å². The highest BCUT2D eigenvalue weighted by molar-refractivity contribution is 9.10. The van der Waals surface area contributed by atoms with Gasteiger partial charge >= 0.3 is 6.03 Å². The maximum Gasteiger partial charge on any atom is 0.325 e. The Morgan fingerprint density at radius 3 is 2.81 bits per heavy atom. The van der Waals surface area contributed by atoms with E-state index in [-0.39, 0.29) is 12.5 Å². The van der Waals surface area contributed by atoms with Crippen LogP contribution in [0.3, 0.4) is 0 Å². The van der Waals surface area contributed by atoms with E-state index in [0.29, 0.717) is 11.5 Å². The summed E-state index contributed by atoms with van der Waals surface area (Å²) in [5, 5.41) is 2.67. The number of carbonyl (C=O) groups excluding carboxylic acids is 2. The van der Waals surface area contributed by atoms with Crippen LogP contribution < -0.4 is 5.32 Å². The van der Waals surface area contributed by atoms with Gasteiger partial charge in [-0.2, -0.15) is 0 Å². The third-order valence-corrected chi connectivity index (χ3v) is 3.87. The summed E-state index contributed by atoms with van der Waals surface area (Å²) in [6.45, 7) is 1.75. The van der Waals surface area contributed by atoms with Crippen LogP contribution in [0.1, 0.15) is 18.4 Å². The standard InChI is InChI=1S/C14H12BrN3O3/c1-14(11-3-2-6-21-11)12(19)18(13(20)17-14)8-10-5-4-9(15)7-16-10/h2-7H,8H2,1H3,(H,17,20). The van der Waals surface area contributed by atoms with Crippen molar-refractivity contribution in [2.75, 3.05) is 0 Å². The van der Waals surface area contributed by atoms with Crippen molar-refractivity contribution in [3.05, 3.63) is 52.7 Å². The Morgan fingerprint density at radius 1 is 1.38 bits per heavy atom. The fraction of sp³-hybridized carbons (Fsp3) is 0.214. The molecule has 6 nitrogen and oxygen atoms in total. The van der Waals surface area contributed by atoms with E-state index in [4.69, 9.17) is 4.42 Å². The van der Waals surface area contributed by atoms with Gasteiger partial charge in [-0.05, 0) is 47.1 Å². The first-order valence-corrected chi connectivity index (χ1v) is 7.08. The van der Waals surface area contributed by atoms with E-state index in [9.17, 15) is 9.59 Å².